The predicted octanol–water partition coefficient (Wildman–Crippen LogP) is 2.27. The third-order valence-corrected chi connectivity index (χ3v) is 2.96. The molecule has 0 saturated heterocycles. The molecule has 5 heteroatoms. The maximum Gasteiger partial charge on any atom is 0.234 e. The Bertz CT molecular complexity index is 587. The lowest BCUT2D eigenvalue weighted by Crippen LogP contribution is -2.38. The number of benzene rings is 2. The molecule has 0 radical (unpaired) electrons. The van der Waals surface area contributed by atoms with Crippen molar-refractivity contribution in [1.29, 1.82) is 0 Å². The Hall–Kier alpha value is -1.91. The lowest BCUT2D eigenvalue weighted by Gasteiger charge is -2.08. The van der Waals surface area contributed by atoms with Gasteiger partial charge in [0, 0.05) is 5.56 Å². The van der Waals surface area contributed by atoms with E-state index in [1.54, 1.807) is 18.2 Å². The molecule has 1 amide bonds. The van der Waals surface area contributed by atoms with Crippen LogP contribution < -0.4 is 11.5 Å². The van der Waals surface area contributed by atoms with Crippen LogP contribution in [0.2, 0.25) is 0 Å². The Kier molecular flexibility index (Phi) is 5.67. The Morgan fingerprint density at radius 2 is 1.70 bits per heavy atom. The summed E-state index contributed by atoms with van der Waals surface area (Å²) < 4.78 is 13.6. The number of nitrogens with two attached hydrogens (primary N) is 2. The van der Waals surface area contributed by atoms with E-state index in [-0.39, 0.29) is 18.2 Å². The van der Waals surface area contributed by atoms with Crippen molar-refractivity contribution < 1.29 is 9.18 Å². The zero-order chi connectivity index (χ0) is 13.8. The van der Waals surface area contributed by atoms with Gasteiger partial charge in [-0.05, 0) is 23.6 Å². The van der Waals surface area contributed by atoms with Gasteiger partial charge in [0.1, 0.15) is 5.82 Å². The summed E-state index contributed by atoms with van der Waals surface area (Å²) in [5.41, 5.74) is 12.9. The molecule has 2 aromatic carbocycles. The van der Waals surface area contributed by atoms with Gasteiger partial charge in [0.15, 0.2) is 0 Å². The molecule has 3 nitrogen and oxygen atoms in total. The van der Waals surface area contributed by atoms with E-state index in [0.717, 1.165) is 11.1 Å². The molecule has 0 heterocycles. The second-order valence-electron chi connectivity index (χ2n) is 4.39. The number of halogens is 2. The molecule has 0 aliphatic carbocycles. The van der Waals surface area contributed by atoms with Crippen LogP contribution in [-0.2, 0) is 11.2 Å². The minimum atomic E-state index is -0.695. The molecule has 0 aliphatic rings. The number of carbonyl (C=O) groups excluding carboxylic acids is 1. The first-order valence-electron chi connectivity index (χ1n) is 5.96. The van der Waals surface area contributed by atoms with Crippen molar-refractivity contribution in [3.8, 4) is 11.1 Å². The third-order valence-electron chi connectivity index (χ3n) is 2.96. The highest BCUT2D eigenvalue weighted by molar-refractivity contribution is 5.85. The van der Waals surface area contributed by atoms with E-state index in [2.05, 4.69) is 0 Å². The minimum Gasteiger partial charge on any atom is -0.368 e. The van der Waals surface area contributed by atoms with Crippen LogP contribution in [0.5, 0.6) is 0 Å². The van der Waals surface area contributed by atoms with Gasteiger partial charge in [-0.15, -0.1) is 12.4 Å². The van der Waals surface area contributed by atoms with E-state index in [9.17, 15) is 9.18 Å². The van der Waals surface area contributed by atoms with Crippen LogP contribution in [0, 0.1) is 5.82 Å². The molecular weight excluding hydrogens is 279 g/mol. The van der Waals surface area contributed by atoms with E-state index in [4.69, 9.17) is 11.5 Å². The zero-order valence-electron chi connectivity index (χ0n) is 10.8. The smallest absolute Gasteiger partial charge is 0.234 e. The van der Waals surface area contributed by atoms with Gasteiger partial charge in [0.2, 0.25) is 5.91 Å². The molecule has 1 atom stereocenters. The summed E-state index contributed by atoms with van der Waals surface area (Å²) in [5, 5.41) is 0. The van der Waals surface area contributed by atoms with Crippen molar-refractivity contribution in [1.82, 2.24) is 0 Å². The summed E-state index contributed by atoms with van der Waals surface area (Å²) in [5.74, 6) is -0.790. The summed E-state index contributed by atoms with van der Waals surface area (Å²) in [6.45, 7) is 0. The molecule has 0 spiro atoms. The lowest BCUT2D eigenvalue weighted by atomic mass is 10.0. The van der Waals surface area contributed by atoms with E-state index < -0.39 is 11.9 Å². The molecule has 20 heavy (non-hydrogen) atoms. The van der Waals surface area contributed by atoms with Crippen molar-refractivity contribution in [2.45, 2.75) is 12.5 Å². The number of amides is 1. The highest BCUT2D eigenvalue weighted by Crippen LogP contribution is 2.22. The van der Waals surface area contributed by atoms with Crippen LogP contribution in [0.4, 0.5) is 4.39 Å². The van der Waals surface area contributed by atoms with E-state index >= 15 is 0 Å². The number of hydrogen-bond acceptors (Lipinski definition) is 2. The summed E-state index contributed by atoms with van der Waals surface area (Å²) >= 11 is 0. The van der Waals surface area contributed by atoms with Crippen molar-refractivity contribution in [3.63, 3.8) is 0 Å². The molecule has 0 fully saturated rings. The first-order valence-corrected chi connectivity index (χ1v) is 5.96. The molecule has 2 rings (SSSR count). The molecule has 106 valence electrons. The molecule has 1 unspecified atom stereocenters. The largest absolute Gasteiger partial charge is 0.368 e. The molecule has 0 saturated carbocycles. The van der Waals surface area contributed by atoms with Gasteiger partial charge in [0.25, 0.3) is 0 Å². The van der Waals surface area contributed by atoms with Crippen molar-refractivity contribution in [2.75, 3.05) is 0 Å². The standard InChI is InChI=1S/C15H15FN2O.ClH/c16-13-4-2-1-3-12(13)11-7-5-10(6-8-11)9-14(17)15(18)19;/h1-8,14H,9,17H2,(H2,18,19);1H. The maximum absolute atomic E-state index is 13.6. The summed E-state index contributed by atoms with van der Waals surface area (Å²) in [6.07, 6.45) is 0.382. The zero-order valence-corrected chi connectivity index (χ0v) is 11.6. The fraction of sp³-hybridized carbons (Fsp3) is 0.133. The second kappa shape index (κ2) is 7.03. The van der Waals surface area contributed by atoms with Crippen LogP contribution in [0.3, 0.4) is 0 Å². The van der Waals surface area contributed by atoms with Crippen molar-refractivity contribution in [3.05, 3.63) is 59.9 Å². The summed E-state index contributed by atoms with van der Waals surface area (Å²) in [6, 6.07) is 13.2. The Balaban J connectivity index is 0.00000200. The first kappa shape index (κ1) is 16.1. The average Bonchev–Trinajstić information content (AvgIpc) is 2.40. The summed E-state index contributed by atoms with van der Waals surface area (Å²) in [7, 11) is 0. The monoisotopic (exact) mass is 294 g/mol. The van der Waals surface area contributed by atoms with Gasteiger partial charge < -0.3 is 11.5 Å². The number of primary amides is 1. The fourth-order valence-corrected chi connectivity index (χ4v) is 1.87. The van der Waals surface area contributed by atoms with Crippen molar-refractivity contribution >= 4 is 18.3 Å². The fourth-order valence-electron chi connectivity index (χ4n) is 1.87. The molecule has 0 aliphatic heterocycles. The lowest BCUT2D eigenvalue weighted by molar-refractivity contribution is -0.119. The van der Waals surface area contributed by atoms with Gasteiger partial charge >= 0.3 is 0 Å². The van der Waals surface area contributed by atoms with E-state index in [1.807, 2.05) is 24.3 Å². The van der Waals surface area contributed by atoms with Gasteiger partial charge in [-0.1, -0.05) is 42.5 Å². The number of hydrogen-bond donors (Lipinski definition) is 2. The normalized spacial score (nSPS) is 11.5. The first-order chi connectivity index (χ1) is 9.08. The second-order valence-corrected chi connectivity index (χ2v) is 4.39. The highest BCUT2D eigenvalue weighted by Gasteiger charge is 2.10. The van der Waals surface area contributed by atoms with Crippen LogP contribution in [0.15, 0.2) is 48.5 Å². The van der Waals surface area contributed by atoms with Crippen LogP contribution in [-0.4, -0.2) is 11.9 Å². The Labute approximate surface area is 123 Å². The van der Waals surface area contributed by atoms with Gasteiger partial charge in [-0.2, -0.15) is 0 Å². The highest BCUT2D eigenvalue weighted by atomic mass is 35.5. The van der Waals surface area contributed by atoms with Crippen molar-refractivity contribution in [2.24, 2.45) is 11.5 Å². The Morgan fingerprint density at radius 1 is 1.10 bits per heavy atom. The average molecular weight is 295 g/mol. The van der Waals surface area contributed by atoms with Gasteiger partial charge in [-0.3, -0.25) is 4.79 Å². The number of carbonyl (C=O) groups is 1. The molecule has 2 aromatic rings. The van der Waals surface area contributed by atoms with Crippen LogP contribution in [0.25, 0.3) is 11.1 Å². The van der Waals surface area contributed by atoms with Gasteiger partial charge in [-0.25, -0.2) is 4.39 Å². The maximum atomic E-state index is 13.6. The van der Waals surface area contributed by atoms with E-state index in [1.165, 1.54) is 6.07 Å². The third kappa shape index (κ3) is 3.79. The SMILES string of the molecule is Cl.NC(=O)C(N)Cc1ccc(-c2ccccc2F)cc1. The molecular formula is C15H16ClFN2O. The molecule has 0 bridgehead atoms. The molecule has 0 aromatic heterocycles. The topological polar surface area (TPSA) is 69.1 Å². The Morgan fingerprint density at radius 3 is 2.25 bits per heavy atom. The number of rotatable bonds is 4. The van der Waals surface area contributed by atoms with E-state index in [0.29, 0.717) is 12.0 Å². The van der Waals surface area contributed by atoms with Gasteiger partial charge in [0.05, 0.1) is 6.04 Å². The van der Waals surface area contributed by atoms with Crippen LogP contribution >= 0.6 is 12.4 Å². The summed E-state index contributed by atoms with van der Waals surface area (Å²) in [4.78, 5) is 10.9. The van der Waals surface area contributed by atoms with Crippen LogP contribution in [0.1, 0.15) is 5.56 Å². The predicted molar refractivity (Wildman–Crippen MR) is 80.0 cm³/mol. The molecule has 4 N–H and O–H groups in total. The minimum absolute atomic E-state index is 0. The quantitative estimate of drug-likeness (QED) is 0.908.